The summed E-state index contributed by atoms with van der Waals surface area (Å²) in [6.45, 7) is 1.23. The zero-order valence-electron chi connectivity index (χ0n) is 15.2. The van der Waals surface area contributed by atoms with Crippen molar-refractivity contribution in [2.24, 2.45) is 0 Å². The molecule has 1 aliphatic rings. The molecule has 3 rings (SSSR count). The lowest BCUT2D eigenvalue weighted by Gasteiger charge is -2.26. The molecule has 1 saturated heterocycles. The van der Waals surface area contributed by atoms with Gasteiger partial charge in [-0.15, -0.1) is 0 Å². The Balaban J connectivity index is 1.87. The molecule has 5 atom stereocenters. The van der Waals surface area contributed by atoms with E-state index >= 15 is 0 Å². The summed E-state index contributed by atoms with van der Waals surface area (Å²) in [5.74, 6) is -0.301. The molecule has 1 fully saturated rings. The van der Waals surface area contributed by atoms with E-state index in [9.17, 15) is 29.4 Å². The number of ether oxygens (including phenoxy) is 1. The average molecular weight is 432 g/mol. The number of hydrogen-bond acceptors (Lipinski definition) is 10. The first-order valence-corrected chi connectivity index (χ1v) is 10.1. The number of hydrogen-bond donors (Lipinski definition) is 6. The quantitative estimate of drug-likeness (QED) is 0.263. The maximum atomic E-state index is 11.5. The number of imidazole rings is 1. The van der Waals surface area contributed by atoms with Crippen molar-refractivity contribution < 1.29 is 38.6 Å². The largest absolute Gasteiger partial charge is 0.470 e. The number of aliphatic hydroxyl groups excluding tert-OH is 2. The third-order valence-electron chi connectivity index (χ3n) is 4.40. The molecule has 2 aromatic heterocycles. The van der Waals surface area contributed by atoms with E-state index in [0.717, 1.165) is 0 Å². The molecule has 1 aliphatic heterocycles. The number of nitrogens with one attached hydrogen (secondary N) is 1. The van der Waals surface area contributed by atoms with Gasteiger partial charge in [-0.1, -0.05) is 6.92 Å². The number of rotatable bonds is 7. The van der Waals surface area contributed by atoms with Gasteiger partial charge in [-0.3, -0.25) is 13.9 Å². The van der Waals surface area contributed by atoms with Crippen LogP contribution in [0.4, 0.5) is 5.82 Å². The Kier molecular flexibility index (Phi) is 6.14. The van der Waals surface area contributed by atoms with Crippen LogP contribution in [0.1, 0.15) is 19.6 Å². The number of nitrogens with zero attached hydrogens (tertiary/aromatic N) is 4. The lowest BCUT2D eigenvalue weighted by Crippen LogP contribution is -2.46. The second kappa shape index (κ2) is 8.28. The number of fused-ring (bicyclic) bond motifs is 1. The van der Waals surface area contributed by atoms with Crippen molar-refractivity contribution in [2.45, 2.75) is 44.0 Å². The molecule has 0 aromatic carbocycles. The van der Waals surface area contributed by atoms with Crippen LogP contribution in [-0.2, 0) is 18.6 Å². The van der Waals surface area contributed by atoms with Crippen molar-refractivity contribution in [2.75, 3.05) is 12.3 Å². The minimum Gasteiger partial charge on any atom is -0.387 e. The summed E-state index contributed by atoms with van der Waals surface area (Å²) in [5, 5.41) is 23.3. The molecular formula is C14H21N6O8P. The maximum Gasteiger partial charge on any atom is 0.470 e. The number of phosphoric acid groups is 1. The van der Waals surface area contributed by atoms with Gasteiger partial charge in [-0.05, 0) is 0 Å². The highest BCUT2D eigenvalue weighted by Crippen LogP contribution is 2.42. The van der Waals surface area contributed by atoms with E-state index in [0.29, 0.717) is 0 Å². The molecule has 0 spiro atoms. The van der Waals surface area contributed by atoms with Crippen LogP contribution in [0.25, 0.3) is 11.2 Å². The van der Waals surface area contributed by atoms with Crippen molar-refractivity contribution in [1.29, 1.82) is 0 Å². The predicted octanol–water partition coefficient (Wildman–Crippen LogP) is -1.97. The van der Waals surface area contributed by atoms with E-state index in [1.54, 1.807) is 6.92 Å². The van der Waals surface area contributed by atoms with Crippen LogP contribution in [0.2, 0.25) is 0 Å². The smallest absolute Gasteiger partial charge is 0.387 e. The van der Waals surface area contributed by atoms with Crippen LogP contribution < -0.4 is 11.1 Å². The average Bonchev–Trinajstić information content (AvgIpc) is 3.20. The molecule has 2 aromatic rings. The van der Waals surface area contributed by atoms with Gasteiger partial charge in [-0.25, -0.2) is 19.5 Å². The third kappa shape index (κ3) is 4.53. The summed E-state index contributed by atoms with van der Waals surface area (Å²) in [7, 11) is -4.99. The Labute approximate surface area is 163 Å². The highest BCUT2D eigenvalue weighted by Gasteiger charge is 2.49. The van der Waals surface area contributed by atoms with Crippen LogP contribution >= 0.6 is 7.82 Å². The summed E-state index contributed by atoms with van der Waals surface area (Å²) in [4.78, 5) is 41.8. The summed E-state index contributed by atoms with van der Waals surface area (Å²) < 4.78 is 23.0. The number of aromatic nitrogens is 4. The third-order valence-corrected chi connectivity index (χ3v) is 4.94. The summed E-state index contributed by atoms with van der Waals surface area (Å²) in [6.07, 6.45) is -4.55. The first-order valence-electron chi connectivity index (χ1n) is 8.57. The normalized spacial score (nSPS) is 26.0. The Morgan fingerprint density at radius 2 is 2.10 bits per heavy atom. The molecule has 0 radical (unpaired) electrons. The zero-order valence-corrected chi connectivity index (χ0v) is 16.1. The standard InChI is InChI=1S/C14H21N6O8P/c1-2-7(21)16-3-6(28-29(24,25)26)11-9(22)10(23)14(27-11)20-5-19-8-12(15)17-4-18-13(8)20/h4-6,9-11,14,22-23H,2-3H2,1H3,(H,16,21)(H2,15,17,18)(H2,24,25,26)/t6-,9-,10+,11+,14+/m0/s1. The number of nitrogen functional groups attached to an aromatic ring is 1. The predicted molar refractivity (Wildman–Crippen MR) is 95.9 cm³/mol. The molecule has 7 N–H and O–H groups in total. The molecule has 0 aliphatic carbocycles. The maximum absolute atomic E-state index is 11.5. The Morgan fingerprint density at radius 1 is 1.38 bits per heavy atom. The Hall–Kier alpha value is -2.19. The van der Waals surface area contributed by atoms with Gasteiger partial charge in [0.05, 0.1) is 6.33 Å². The van der Waals surface area contributed by atoms with E-state index in [1.807, 2.05) is 0 Å². The van der Waals surface area contributed by atoms with Crippen molar-refractivity contribution >= 4 is 30.7 Å². The number of carbonyl (C=O) groups is 1. The van der Waals surface area contributed by atoms with Crippen molar-refractivity contribution in [3.05, 3.63) is 12.7 Å². The Morgan fingerprint density at radius 3 is 2.76 bits per heavy atom. The van der Waals surface area contributed by atoms with Gasteiger partial charge in [0.15, 0.2) is 17.7 Å². The topological polar surface area (TPSA) is 215 Å². The first kappa shape index (κ1) is 21.5. The number of carbonyl (C=O) groups excluding carboxylic acids is 1. The fraction of sp³-hybridized carbons (Fsp3) is 0.571. The van der Waals surface area contributed by atoms with Gasteiger partial charge < -0.3 is 35.8 Å². The van der Waals surface area contributed by atoms with E-state index in [4.69, 9.17) is 15.0 Å². The lowest BCUT2D eigenvalue weighted by molar-refractivity contribution is -0.122. The van der Waals surface area contributed by atoms with Crippen LogP contribution in [0.5, 0.6) is 0 Å². The number of nitrogens with two attached hydrogens (primary N) is 1. The highest BCUT2D eigenvalue weighted by molar-refractivity contribution is 7.46. The molecule has 14 nitrogen and oxygen atoms in total. The number of phosphoric ester groups is 1. The van der Waals surface area contributed by atoms with Crippen LogP contribution in [0, 0.1) is 0 Å². The monoisotopic (exact) mass is 432 g/mol. The van der Waals surface area contributed by atoms with Crippen molar-refractivity contribution in [1.82, 2.24) is 24.8 Å². The molecule has 1 amide bonds. The van der Waals surface area contributed by atoms with Gasteiger partial charge in [0.2, 0.25) is 5.91 Å². The summed E-state index contributed by atoms with van der Waals surface area (Å²) in [6, 6.07) is 0. The van der Waals surface area contributed by atoms with Crippen LogP contribution in [-0.4, -0.2) is 76.4 Å². The molecule has 15 heteroatoms. The molecule has 3 heterocycles. The molecule has 0 bridgehead atoms. The van der Waals surface area contributed by atoms with Crippen molar-refractivity contribution in [3.8, 4) is 0 Å². The second-order valence-electron chi connectivity index (χ2n) is 6.35. The lowest BCUT2D eigenvalue weighted by atomic mass is 10.1. The summed E-state index contributed by atoms with van der Waals surface area (Å²) in [5.41, 5.74) is 6.20. The highest BCUT2D eigenvalue weighted by atomic mass is 31.2. The van der Waals surface area contributed by atoms with E-state index < -0.39 is 44.4 Å². The van der Waals surface area contributed by atoms with Crippen LogP contribution in [0.15, 0.2) is 12.7 Å². The van der Waals surface area contributed by atoms with E-state index in [1.165, 1.54) is 17.2 Å². The van der Waals surface area contributed by atoms with E-state index in [-0.39, 0.29) is 29.9 Å². The fourth-order valence-electron chi connectivity index (χ4n) is 3.01. The van der Waals surface area contributed by atoms with Gasteiger partial charge >= 0.3 is 7.82 Å². The molecule has 0 unspecified atom stereocenters. The van der Waals surface area contributed by atoms with Crippen LogP contribution in [0.3, 0.4) is 0 Å². The van der Waals surface area contributed by atoms with E-state index in [2.05, 4.69) is 20.3 Å². The summed E-state index contributed by atoms with van der Waals surface area (Å²) >= 11 is 0. The fourth-order valence-corrected chi connectivity index (χ4v) is 3.56. The van der Waals surface area contributed by atoms with Gasteiger partial charge in [-0.2, -0.15) is 0 Å². The SMILES string of the molecule is CCC(=O)NC[C@H](OP(=O)(O)O)[C@H]1O[C@@H](n2cnc3c(N)ncnc32)[C@H](O)[C@@H]1O. The van der Waals surface area contributed by atoms with Gasteiger partial charge in [0.25, 0.3) is 0 Å². The number of amides is 1. The van der Waals surface area contributed by atoms with Gasteiger partial charge in [0.1, 0.15) is 36.3 Å². The van der Waals surface area contributed by atoms with Crippen molar-refractivity contribution in [3.63, 3.8) is 0 Å². The first-order chi connectivity index (χ1) is 13.6. The minimum atomic E-state index is -4.99. The minimum absolute atomic E-state index is 0.100. The van der Waals surface area contributed by atoms with Gasteiger partial charge in [0, 0.05) is 13.0 Å². The number of aliphatic hydroxyl groups is 2. The Bertz CT molecular complexity index is 934. The number of anilines is 1. The molecular weight excluding hydrogens is 411 g/mol. The zero-order chi connectivity index (χ0) is 21.3. The molecule has 160 valence electrons. The molecule has 0 saturated carbocycles. The second-order valence-corrected chi connectivity index (χ2v) is 7.54. The molecule has 29 heavy (non-hydrogen) atoms.